The van der Waals surface area contributed by atoms with Crippen molar-refractivity contribution in [3.63, 3.8) is 0 Å². The molecule has 0 fully saturated rings. The van der Waals surface area contributed by atoms with Gasteiger partial charge in [-0.2, -0.15) is 0 Å². The van der Waals surface area contributed by atoms with E-state index in [2.05, 4.69) is 4.98 Å². The van der Waals surface area contributed by atoms with Crippen molar-refractivity contribution >= 4 is 17.2 Å². The van der Waals surface area contributed by atoms with E-state index in [-0.39, 0.29) is 6.61 Å². The van der Waals surface area contributed by atoms with E-state index in [9.17, 15) is 4.79 Å². The van der Waals surface area contributed by atoms with Crippen LogP contribution in [0.1, 0.15) is 0 Å². The van der Waals surface area contributed by atoms with Crippen LogP contribution >= 0.6 is 11.3 Å². The number of carbonyl (C=O) groups excluding carboxylic acids is 1. The second-order valence-electron chi connectivity index (χ2n) is 3.12. The minimum Gasteiger partial charge on any atom is -0.483 e. The van der Waals surface area contributed by atoms with Crippen molar-refractivity contribution in [3.05, 3.63) is 35.2 Å². The highest BCUT2D eigenvalue weighted by molar-refractivity contribution is 7.07. The number of primary amides is 1. The molecule has 1 amide bonds. The molecule has 82 valence electrons. The number of benzene rings is 1. The Balaban J connectivity index is 2.27. The number of nitrogens with zero attached hydrogens (tertiary/aromatic N) is 1. The minimum absolute atomic E-state index is 0.124. The summed E-state index contributed by atoms with van der Waals surface area (Å²) < 4.78 is 5.31. The van der Waals surface area contributed by atoms with Gasteiger partial charge < -0.3 is 10.5 Å². The molecule has 0 unspecified atom stereocenters. The van der Waals surface area contributed by atoms with Crippen LogP contribution in [0.4, 0.5) is 0 Å². The lowest BCUT2D eigenvalue weighted by molar-refractivity contribution is -0.119. The van der Waals surface area contributed by atoms with Crippen molar-refractivity contribution in [1.29, 1.82) is 0 Å². The maximum Gasteiger partial charge on any atom is 0.255 e. The molecular weight excluding hydrogens is 224 g/mol. The number of para-hydroxylation sites is 1. The van der Waals surface area contributed by atoms with E-state index < -0.39 is 5.91 Å². The Bertz CT molecular complexity index is 482. The topological polar surface area (TPSA) is 65.2 Å². The zero-order valence-electron chi connectivity index (χ0n) is 8.42. The highest BCUT2D eigenvalue weighted by Crippen LogP contribution is 2.29. The van der Waals surface area contributed by atoms with Crippen LogP contribution in [-0.4, -0.2) is 17.5 Å². The summed E-state index contributed by atoms with van der Waals surface area (Å²) in [4.78, 5) is 14.9. The van der Waals surface area contributed by atoms with Crippen molar-refractivity contribution in [3.8, 4) is 17.0 Å². The van der Waals surface area contributed by atoms with Gasteiger partial charge in [0.05, 0.1) is 11.2 Å². The molecule has 16 heavy (non-hydrogen) atoms. The van der Waals surface area contributed by atoms with Crippen LogP contribution in [-0.2, 0) is 4.79 Å². The van der Waals surface area contributed by atoms with Crippen LogP contribution in [0.5, 0.6) is 5.75 Å². The first-order valence-electron chi connectivity index (χ1n) is 4.66. The van der Waals surface area contributed by atoms with Gasteiger partial charge in [0, 0.05) is 10.9 Å². The molecule has 1 aromatic heterocycles. The summed E-state index contributed by atoms with van der Waals surface area (Å²) in [5.74, 6) is 0.125. The summed E-state index contributed by atoms with van der Waals surface area (Å²) in [6, 6.07) is 7.42. The van der Waals surface area contributed by atoms with Crippen LogP contribution in [0.3, 0.4) is 0 Å². The molecule has 0 aliphatic rings. The molecule has 0 aliphatic carbocycles. The van der Waals surface area contributed by atoms with Gasteiger partial charge in [0.15, 0.2) is 6.61 Å². The van der Waals surface area contributed by atoms with E-state index in [0.717, 1.165) is 11.3 Å². The summed E-state index contributed by atoms with van der Waals surface area (Å²) in [5, 5.41) is 1.92. The second-order valence-corrected chi connectivity index (χ2v) is 3.84. The molecule has 0 spiro atoms. The normalized spacial score (nSPS) is 10.0. The quantitative estimate of drug-likeness (QED) is 0.875. The molecule has 2 N–H and O–H groups in total. The fourth-order valence-electron chi connectivity index (χ4n) is 1.30. The Morgan fingerprint density at radius 3 is 2.94 bits per heavy atom. The van der Waals surface area contributed by atoms with Gasteiger partial charge >= 0.3 is 0 Å². The maximum absolute atomic E-state index is 10.7. The van der Waals surface area contributed by atoms with Crippen LogP contribution < -0.4 is 10.5 Å². The molecule has 0 atom stereocenters. The summed E-state index contributed by atoms with van der Waals surface area (Å²) in [5.41, 5.74) is 8.49. The summed E-state index contributed by atoms with van der Waals surface area (Å²) in [6.45, 7) is -0.124. The minimum atomic E-state index is -0.493. The lowest BCUT2D eigenvalue weighted by Crippen LogP contribution is -2.20. The molecule has 0 aliphatic heterocycles. The number of carbonyl (C=O) groups is 1. The number of aromatic nitrogens is 1. The van der Waals surface area contributed by atoms with E-state index in [1.54, 1.807) is 11.6 Å². The maximum atomic E-state index is 10.7. The Kier molecular flexibility index (Phi) is 3.16. The van der Waals surface area contributed by atoms with Gasteiger partial charge in [0.1, 0.15) is 5.75 Å². The summed E-state index contributed by atoms with van der Waals surface area (Å²) in [6.07, 6.45) is 0. The number of amides is 1. The highest BCUT2D eigenvalue weighted by atomic mass is 32.1. The fraction of sp³-hybridized carbons (Fsp3) is 0.0909. The SMILES string of the molecule is NC(=O)COc1ccccc1-c1cscn1. The van der Waals surface area contributed by atoms with E-state index in [1.165, 1.54) is 11.3 Å². The largest absolute Gasteiger partial charge is 0.483 e. The number of thiazole rings is 1. The van der Waals surface area contributed by atoms with Crippen molar-refractivity contribution in [2.45, 2.75) is 0 Å². The van der Waals surface area contributed by atoms with Crippen molar-refractivity contribution in [2.24, 2.45) is 5.73 Å². The van der Waals surface area contributed by atoms with E-state index in [4.69, 9.17) is 10.5 Å². The van der Waals surface area contributed by atoms with Crippen LogP contribution in [0.2, 0.25) is 0 Å². The molecule has 0 bridgehead atoms. The molecule has 4 nitrogen and oxygen atoms in total. The van der Waals surface area contributed by atoms with Crippen LogP contribution in [0.15, 0.2) is 35.2 Å². The molecule has 0 saturated carbocycles. The number of rotatable bonds is 4. The van der Waals surface area contributed by atoms with Gasteiger partial charge in [-0.05, 0) is 12.1 Å². The lowest BCUT2D eigenvalue weighted by atomic mass is 10.1. The average Bonchev–Trinajstić information content (AvgIpc) is 2.80. The van der Waals surface area contributed by atoms with E-state index in [0.29, 0.717) is 5.75 Å². The summed E-state index contributed by atoms with van der Waals surface area (Å²) in [7, 11) is 0. The van der Waals surface area contributed by atoms with Gasteiger partial charge in [0.2, 0.25) is 0 Å². The predicted molar refractivity (Wildman–Crippen MR) is 62.2 cm³/mol. The van der Waals surface area contributed by atoms with Gasteiger partial charge in [-0.1, -0.05) is 12.1 Å². The molecular formula is C11H10N2O2S. The first-order chi connectivity index (χ1) is 7.77. The average molecular weight is 234 g/mol. The number of nitrogens with two attached hydrogens (primary N) is 1. The molecule has 2 rings (SSSR count). The monoisotopic (exact) mass is 234 g/mol. The van der Waals surface area contributed by atoms with Crippen molar-refractivity contribution in [1.82, 2.24) is 4.98 Å². The van der Waals surface area contributed by atoms with Crippen molar-refractivity contribution in [2.75, 3.05) is 6.61 Å². The smallest absolute Gasteiger partial charge is 0.255 e. The van der Waals surface area contributed by atoms with Gasteiger partial charge in [0.25, 0.3) is 5.91 Å². The number of hydrogen-bond donors (Lipinski definition) is 1. The molecule has 2 aromatic rings. The lowest BCUT2D eigenvalue weighted by Gasteiger charge is -2.07. The highest BCUT2D eigenvalue weighted by Gasteiger charge is 2.07. The number of ether oxygens (including phenoxy) is 1. The Morgan fingerprint density at radius 1 is 1.44 bits per heavy atom. The first-order valence-corrected chi connectivity index (χ1v) is 5.60. The Labute approximate surface area is 96.7 Å². The Hall–Kier alpha value is -1.88. The van der Waals surface area contributed by atoms with Gasteiger partial charge in [-0.15, -0.1) is 11.3 Å². The zero-order chi connectivity index (χ0) is 11.4. The molecule has 1 aromatic carbocycles. The predicted octanol–water partition coefficient (Wildman–Crippen LogP) is 1.67. The van der Waals surface area contributed by atoms with Gasteiger partial charge in [-0.25, -0.2) is 4.98 Å². The summed E-state index contributed by atoms with van der Waals surface area (Å²) >= 11 is 1.51. The van der Waals surface area contributed by atoms with Gasteiger partial charge in [-0.3, -0.25) is 4.79 Å². The standard InChI is InChI=1S/C11H10N2O2S/c12-11(14)5-15-10-4-2-1-3-8(10)9-6-16-7-13-9/h1-4,6-7H,5H2,(H2,12,14). The molecule has 0 saturated heterocycles. The third-order valence-corrected chi connectivity index (χ3v) is 2.55. The molecule has 5 heteroatoms. The van der Waals surface area contributed by atoms with E-state index in [1.807, 2.05) is 23.6 Å². The third kappa shape index (κ3) is 2.38. The fourth-order valence-corrected chi connectivity index (χ4v) is 1.85. The van der Waals surface area contributed by atoms with Crippen LogP contribution in [0, 0.1) is 0 Å². The first kappa shape index (κ1) is 10.6. The van der Waals surface area contributed by atoms with Crippen molar-refractivity contribution < 1.29 is 9.53 Å². The zero-order valence-corrected chi connectivity index (χ0v) is 9.24. The molecule has 0 radical (unpaired) electrons. The molecule has 1 heterocycles. The number of hydrogen-bond acceptors (Lipinski definition) is 4. The second kappa shape index (κ2) is 4.76. The Morgan fingerprint density at radius 2 is 2.25 bits per heavy atom. The van der Waals surface area contributed by atoms with E-state index >= 15 is 0 Å². The van der Waals surface area contributed by atoms with Crippen LogP contribution in [0.25, 0.3) is 11.3 Å². The third-order valence-electron chi connectivity index (χ3n) is 1.97.